The number of aromatic nitrogens is 2. The quantitative estimate of drug-likeness (QED) is 0.782. The summed E-state index contributed by atoms with van der Waals surface area (Å²) >= 11 is 0. The van der Waals surface area contributed by atoms with Gasteiger partial charge in [-0.25, -0.2) is 4.98 Å². The van der Waals surface area contributed by atoms with Gasteiger partial charge in [-0.2, -0.15) is 0 Å². The molecule has 6 heteroatoms. The fraction of sp³-hybridized carbons (Fsp3) is 0.300. The molecule has 0 radical (unpaired) electrons. The minimum atomic E-state index is -0.443. The van der Waals surface area contributed by atoms with Crippen LogP contribution in [0.25, 0.3) is 16.9 Å². The van der Waals surface area contributed by atoms with E-state index in [1.54, 1.807) is 0 Å². The molecule has 1 amide bonds. The van der Waals surface area contributed by atoms with Crippen molar-refractivity contribution in [2.45, 2.75) is 25.6 Å². The van der Waals surface area contributed by atoms with Crippen LogP contribution in [0.15, 0.2) is 54.7 Å². The number of pyridine rings is 1. The first kappa shape index (κ1) is 16.8. The van der Waals surface area contributed by atoms with Gasteiger partial charge in [-0.3, -0.25) is 9.69 Å². The van der Waals surface area contributed by atoms with Crippen molar-refractivity contribution in [1.29, 1.82) is 0 Å². The van der Waals surface area contributed by atoms with Crippen LogP contribution in [-0.4, -0.2) is 45.5 Å². The van der Waals surface area contributed by atoms with Crippen molar-refractivity contribution in [2.24, 2.45) is 5.73 Å². The van der Waals surface area contributed by atoms with Crippen molar-refractivity contribution >= 4 is 11.6 Å². The molecule has 134 valence electrons. The maximum Gasteiger partial charge on any atom is 0.237 e. The zero-order valence-corrected chi connectivity index (χ0v) is 14.7. The van der Waals surface area contributed by atoms with E-state index in [0.29, 0.717) is 19.7 Å². The second-order valence-electron chi connectivity index (χ2n) is 6.60. The Morgan fingerprint density at radius 3 is 2.77 bits per heavy atom. The number of imidazole rings is 1. The standard InChI is InChI=1S/C20H22N4O2/c1-14-19(20(21)25)23(11-12-26-14)13-16-18(15-7-3-2-4-8-15)22-17-9-5-6-10-24(16)17/h2-10,14,19H,11-13H2,1H3,(H2,21,25)/t14-,19+/m1/s1. The molecule has 3 aromatic rings. The Kier molecular flexibility index (Phi) is 4.44. The highest BCUT2D eigenvalue weighted by molar-refractivity contribution is 5.80. The molecule has 26 heavy (non-hydrogen) atoms. The third-order valence-electron chi connectivity index (χ3n) is 4.92. The van der Waals surface area contributed by atoms with Crippen LogP contribution < -0.4 is 5.73 Å². The number of nitrogens with two attached hydrogens (primary N) is 1. The van der Waals surface area contributed by atoms with Crippen molar-refractivity contribution in [2.75, 3.05) is 13.2 Å². The summed E-state index contributed by atoms with van der Waals surface area (Å²) in [7, 11) is 0. The van der Waals surface area contributed by atoms with Gasteiger partial charge in [0.05, 0.1) is 24.1 Å². The number of hydrogen-bond acceptors (Lipinski definition) is 4. The Labute approximate surface area is 152 Å². The average molecular weight is 350 g/mol. The van der Waals surface area contributed by atoms with Gasteiger partial charge < -0.3 is 14.9 Å². The number of nitrogens with zero attached hydrogens (tertiary/aromatic N) is 3. The lowest BCUT2D eigenvalue weighted by Crippen LogP contribution is -2.56. The van der Waals surface area contributed by atoms with Crippen LogP contribution in [0.5, 0.6) is 0 Å². The zero-order valence-electron chi connectivity index (χ0n) is 14.7. The van der Waals surface area contributed by atoms with Crippen molar-refractivity contribution < 1.29 is 9.53 Å². The van der Waals surface area contributed by atoms with E-state index in [4.69, 9.17) is 15.5 Å². The summed E-state index contributed by atoms with van der Waals surface area (Å²) in [5.74, 6) is -0.354. The van der Waals surface area contributed by atoms with Gasteiger partial charge in [0, 0.05) is 24.8 Å². The van der Waals surface area contributed by atoms with Crippen LogP contribution in [0, 0.1) is 0 Å². The lowest BCUT2D eigenvalue weighted by molar-refractivity contribution is -0.136. The van der Waals surface area contributed by atoms with Crippen LogP contribution in [0.2, 0.25) is 0 Å². The Balaban J connectivity index is 1.79. The molecular weight excluding hydrogens is 328 g/mol. The first-order valence-electron chi connectivity index (χ1n) is 8.81. The number of carbonyl (C=O) groups is 1. The van der Waals surface area contributed by atoms with Crippen LogP contribution in [0.1, 0.15) is 12.6 Å². The second kappa shape index (κ2) is 6.90. The maximum absolute atomic E-state index is 12.0. The molecule has 3 heterocycles. The van der Waals surface area contributed by atoms with Crippen molar-refractivity contribution in [3.05, 3.63) is 60.4 Å². The number of primary amides is 1. The van der Waals surface area contributed by atoms with E-state index in [9.17, 15) is 4.79 Å². The predicted molar refractivity (Wildman–Crippen MR) is 99.4 cm³/mol. The van der Waals surface area contributed by atoms with E-state index in [1.165, 1.54) is 0 Å². The minimum Gasteiger partial charge on any atom is -0.375 e. The van der Waals surface area contributed by atoms with Gasteiger partial charge in [0.2, 0.25) is 5.91 Å². The first-order valence-corrected chi connectivity index (χ1v) is 8.81. The van der Waals surface area contributed by atoms with E-state index in [1.807, 2.05) is 49.5 Å². The number of rotatable bonds is 4. The monoisotopic (exact) mass is 350 g/mol. The molecule has 2 atom stereocenters. The maximum atomic E-state index is 12.0. The summed E-state index contributed by atoms with van der Waals surface area (Å²) in [5, 5.41) is 0. The predicted octanol–water partition coefficient (Wildman–Crippen LogP) is 2.08. The third-order valence-corrected chi connectivity index (χ3v) is 4.92. The molecule has 0 spiro atoms. The highest BCUT2D eigenvalue weighted by Gasteiger charge is 2.34. The van der Waals surface area contributed by atoms with Gasteiger partial charge in [-0.1, -0.05) is 36.4 Å². The van der Waals surface area contributed by atoms with E-state index >= 15 is 0 Å². The molecule has 0 unspecified atom stereocenters. The first-order chi connectivity index (χ1) is 12.6. The number of fused-ring (bicyclic) bond motifs is 1. The topological polar surface area (TPSA) is 72.9 Å². The molecule has 0 bridgehead atoms. The molecule has 1 fully saturated rings. The molecule has 1 aromatic carbocycles. The van der Waals surface area contributed by atoms with Gasteiger partial charge in [0.1, 0.15) is 11.7 Å². The van der Waals surface area contributed by atoms with Gasteiger partial charge in [-0.15, -0.1) is 0 Å². The lowest BCUT2D eigenvalue weighted by Gasteiger charge is -2.37. The van der Waals surface area contributed by atoms with Crippen LogP contribution >= 0.6 is 0 Å². The molecule has 0 saturated carbocycles. The molecule has 2 aromatic heterocycles. The number of carbonyl (C=O) groups excluding carboxylic acids is 1. The summed E-state index contributed by atoms with van der Waals surface area (Å²) < 4.78 is 7.72. The van der Waals surface area contributed by atoms with Crippen molar-refractivity contribution in [3.8, 4) is 11.3 Å². The normalized spacial score (nSPS) is 21.1. The average Bonchev–Trinajstić information content (AvgIpc) is 3.01. The van der Waals surface area contributed by atoms with E-state index < -0.39 is 6.04 Å². The van der Waals surface area contributed by atoms with Crippen LogP contribution in [0.4, 0.5) is 0 Å². The molecule has 1 aliphatic heterocycles. The van der Waals surface area contributed by atoms with Gasteiger partial charge in [0.15, 0.2) is 0 Å². The highest BCUT2D eigenvalue weighted by atomic mass is 16.5. The number of hydrogen-bond donors (Lipinski definition) is 1. The molecule has 0 aliphatic carbocycles. The summed E-state index contributed by atoms with van der Waals surface area (Å²) in [6.45, 7) is 3.72. The number of amides is 1. The summed E-state index contributed by atoms with van der Waals surface area (Å²) in [4.78, 5) is 18.9. The molecular formula is C20H22N4O2. The Morgan fingerprint density at radius 1 is 1.23 bits per heavy atom. The Bertz CT molecular complexity index is 922. The Hall–Kier alpha value is -2.70. The van der Waals surface area contributed by atoms with Crippen LogP contribution in [-0.2, 0) is 16.1 Å². The van der Waals surface area contributed by atoms with Crippen LogP contribution in [0.3, 0.4) is 0 Å². The zero-order chi connectivity index (χ0) is 18.1. The molecule has 1 aliphatic rings. The SMILES string of the molecule is C[C@H]1OCCN(Cc2c(-c3ccccc3)nc3ccccn23)[C@@H]1C(N)=O. The second-order valence-corrected chi connectivity index (χ2v) is 6.60. The van der Waals surface area contributed by atoms with E-state index in [2.05, 4.69) is 21.4 Å². The molecule has 6 nitrogen and oxygen atoms in total. The van der Waals surface area contributed by atoms with Crippen molar-refractivity contribution in [1.82, 2.24) is 14.3 Å². The van der Waals surface area contributed by atoms with Gasteiger partial charge >= 0.3 is 0 Å². The highest BCUT2D eigenvalue weighted by Crippen LogP contribution is 2.27. The summed E-state index contributed by atoms with van der Waals surface area (Å²) in [6.07, 6.45) is 1.79. The fourth-order valence-electron chi connectivity index (χ4n) is 3.69. The smallest absolute Gasteiger partial charge is 0.237 e. The molecule has 1 saturated heterocycles. The minimum absolute atomic E-state index is 0.222. The van der Waals surface area contributed by atoms with Gasteiger partial charge in [0.25, 0.3) is 0 Å². The number of ether oxygens (including phenoxy) is 1. The number of morpholine rings is 1. The lowest BCUT2D eigenvalue weighted by atomic mass is 10.1. The largest absolute Gasteiger partial charge is 0.375 e. The molecule has 2 N–H and O–H groups in total. The fourth-order valence-corrected chi connectivity index (χ4v) is 3.69. The summed E-state index contributed by atoms with van der Waals surface area (Å²) in [6, 6.07) is 15.6. The number of benzene rings is 1. The summed E-state index contributed by atoms with van der Waals surface area (Å²) in [5.41, 5.74) is 9.58. The Morgan fingerprint density at radius 2 is 2.00 bits per heavy atom. The van der Waals surface area contributed by atoms with E-state index in [0.717, 1.165) is 22.6 Å². The van der Waals surface area contributed by atoms with Gasteiger partial charge in [-0.05, 0) is 19.1 Å². The molecule has 4 rings (SSSR count). The van der Waals surface area contributed by atoms with E-state index in [-0.39, 0.29) is 12.0 Å². The third kappa shape index (κ3) is 2.98. The van der Waals surface area contributed by atoms with Crippen molar-refractivity contribution in [3.63, 3.8) is 0 Å².